The Bertz CT molecular complexity index is 1050. The van der Waals surface area contributed by atoms with Gasteiger partial charge in [0.15, 0.2) is 14.1 Å². The molecule has 2 aliphatic rings. The van der Waals surface area contributed by atoms with Crippen LogP contribution in [0.5, 0.6) is 0 Å². The number of allylic oxidation sites excluding steroid dienone is 7. The molecule has 0 aromatic heterocycles. The molecule has 0 aromatic rings. The Labute approximate surface area is 263 Å². The smallest absolute Gasteiger partial charge is 0.258 e. The minimum absolute atomic E-state index is 0.0774. The average Bonchev–Trinajstić information content (AvgIpc) is 3.09. The van der Waals surface area contributed by atoms with E-state index in [1.807, 2.05) is 0 Å². The number of Topliss-reactive ketones (excluding diaryl/α,β-unsaturated/α-hetero) is 1. The van der Waals surface area contributed by atoms with Crippen molar-refractivity contribution in [2.45, 2.75) is 169 Å². The highest BCUT2D eigenvalue weighted by Crippen LogP contribution is 2.50. The normalized spacial score (nSPS) is 29.6. The number of hydrogen-bond acceptors (Lipinski definition) is 3. The lowest BCUT2D eigenvalue weighted by molar-refractivity contribution is -0.122. The second-order valence-electron chi connectivity index (χ2n) is 16.3. The van der Waals surface area contributed by atoms with E-state index in [0.717, 1.165) is 38.5 Å². The molecule has 0 fully saturated rings. The molecule has 3 nitrogen and oxygen atoms in total. The highest BCUT2D eigenvalue weighted by Gasteiger charge is 2.52. The van der Waals surface area contributed by atoms with Gasteiger partial charge in [0, 0.05) is 11.3 Å². The molecular formula is C37H66O3Si2. The second-order valence-corrected chi connectivity index (χ2v) is 26.4. The summed E-state index contributed by atoms with van der Waals surface area (Å²) in [6.45, 7) is 34.5. The highest BCUT2D eigenvalue weighted by molar-refractivity contribution is 6.78. The summed E-state index contributed by atoms with van der Waals surface area (Å²) >= 11 is 0. The first-order valence-corrected chi connectivity index (χ1v) is 21.8. The van der Waals surface area contributed by atoms with E-state index in [4.69, 9.17) is 8.85 Å². The number of ketones is 1. The maximum atomic E-state index is 14.3. The Morgan fingerprint density at radius 1 is 0.881 bits per heavy atom. The van der Waals surface area contributed by atoms with Crippen molar-refractivity contribution in [1.82, 2.24) is 0 Å². The van der Waals surface area contributed by atoms with Crippen molar-refractivity contribution in [2.75, 3.05) is 0 Å². The summed E-state index contributed by atoms with van der Waals surface area (Å²) in [4.78, 5) is 14.3. The van der Waals surface area contributed by atoms with Crippen molar-refractivity contribution < 1.29 is 13.6 Å². The van der Waals surface area contributed by atoms with Crippen LogP contribution in [-0.4, -0.2) is 28.5 Å². The van der Waals surface area contributed by atoms with Crippen LogP contribution in [0.3, 0.4) is 0 Å². The van der Waals surface area contributed by atoms with Crippen molar-refractivity contribution in [1.29, 1.82) is 0 Å². The third-order valence-electron chi connectivity index (χ3n) is 11.0. The minimum atomic E-state index is -2.24. The van der Waals surface area contributed by atoms with Crippen LogP contribution in [-0.2, 0) is 13.6 Å². The van der Waals surface area contributed by atoms with Crippen LogP contribution in [0.15, 0.2) is 46.8 Å². The minimum Gasteiger partial charge on any atom is -0.541 e. The fourth-order valence-electron chi connectivity index (χ4n) is 6.99. The summed E-state index contributed by atoms with van der Waals surface area (Å²) < 4.78 is 14.1. The van der Waals surface area contributed by atoms with Crippen LogP contribution in [0.2, 0.25) is 34.8 Å². The summed E-state index contributed by atoms with van der Waals surface area (Å²) in [5.74, 6) is 0.731. The van der Waals surface area contributed by atoms with Crippen LogP contribution in [0.1, 0.15) is 129 Å². The van der Waals surface area contributed by atoms with Gasteiger partial charge in [0.05, 0.1) is 6.10 Å². The monoisotopic (exact) mass is 614 g/mol. The molecule has 0 radical (unpaired) electrons. The maximum absolute atomic E-state index is 14.3. The first-order chi connectivity index (χ1) is 19.2. The van der Waals surface area contributed by atoms with Gasteiger partial charge in [0.25, 0.3) is 8.32 Å². The number of carbonyl (C=O) groups excluding carboxylic acids is 1. The summed E-state index contributed by atoms with van der Waals surface area (Å²) in [5, 5.41) is 0.147. The van der Waals surface area contributed by atoms with Gasteiger partial charge in [-0.1, -0.05) is 98.6 Å². The van der Waals surface area contributed by atoms with Crippen LogP contribution >= 0.6 is 0 Å². The molecule has 0 aromatic carbocycles. The molecule has 0 saturated heterocycles. The number of fused-ring (bicyclic) bond motifs is 1. The Balaban J connectivity index is 2.57. The third kappa shape index (κ3) is 8.50. The van der Waals surface area contributed by atoms with E-state index in [-0.39, 0.29) is 28.3 Å². The lowest BCUT2D eigenvalue weighted by Crippen LogP contribution is -2.48. The van der Waals surface area contributed by atoms with Crippen LogP contribution in [0.25, 0.3) is 0 Å². The Morgan fingerprint density at radius 2 is 1.43 bits per heavy atom. The Morgan fingerprint density at radius 3 is 1.95 bits per heavy atom. The Kier molecular flexibility index (Phi) is 12.6. The molecular weight excluding hydrogens is 549 g/mol. The molecule has 0 unspecified atom stereocenters. The molecule has 0 N–H and O–H groups in total. The zero-order valence-electron chi connectivity index (χ0n) is 30.2. The number of hydrogen-bond donors (Lipinski definition) is 0. The van der Waals surface area contributed by atoms with Crippen molar-refractivity contribution in [2.24, 2.45) is 11.3 Å². The van der Waals surface area contributed by atoms with Crippen LogP contribution in [0.4, 0.5) is 0 Å². The van der Waals surface area contributed by atoms with E-state index >= 15 is 0 Å². The van der Waals surface area contributed by atoms with Crippen LogP contribution < -0.4 is 0 Å². The quantitative estimate of drug-likeness (QED) is 0.211. The summed E-state index contributed by atoms with van der Waals surface area (Å²) in [7, 11) is -4.21. The lowest BCUT2D eigenvalue weighted by Gasteiger charge is -2.42. The van der Waals surface area contributed by atoms with Gasteiger partial charge in [-0.25, -0.2) is 0 Å². The van der Waals surface area contributed by atoms with Gasteiger partial charge >= 0.3 is 0 Å². The Hall–Kier alpha value is -1.18. The van der Waals surface area contributed by atoms with Crippen molar-refractivity contribution in [3.63, 3.8) is 0 Å². The highest BCUT2D eigenvalue weighted by atomic mass is 28.4. The van der Waals surface area contributed by atoms with Gasteiger partial charge in [-0.3, -0.25) is 4.79 Å². The standard InChI is InChI=1S/C37H66O3Si2/c1-26(2)42(27(3)4,28(5)6)40-34-25-37(13)24-23-30(8)18-16-17-29(7)19-22-33(39-41(14,15)36(10,11)12)31(9)20-21-32(37)35(34)38/h17,20,23,25-28,32-33H,16,18-19,21-22,24H2,1-15H3/b29-17+,30-23+,31-20+/t32-,33+,37-/m1/s1. The molecule has 0 bridgehead atoms. The SMILES string of the molecule is C/C1=C\C[C@]2(C)C=C(O[Si](C(C)C)(C(C)C)C(C)C)C(=O)[C@H]2C/C=C(\C)[C@@H](O[Si](C)(C)C(C)(C)C)CC/C(C)=C/CC1. The van der Waals surface area contributed by atoms with E-state index in [1.165, 1.54) is 16.7 Å². The first-order valence-electron chi connectivity index (χ1n) is 16.8. The molecule has 0 heterocycles. The van der Waals surface area contributed by atoms with E-state index in [0.29, 0.717) is 22.4 Å². The van der Waals surface area contributed by atoms with Gasteiger partial charge in [0.1, 0.15) is 5.76 Å². The molecule has 0 amide bonds. The van der Waals surface area contributed by atoms with Crippen molar-refractivity contribution in [3.05, 3.63) is 46.8 Å². The summed E-state index contributed by atoms with van der Waals surface area (Å²) in [5.41, 5.74) is 5.14. The average molecular weight is 615 g/mol. The fourth-order valence-corrected chi connectivity index (χ4v) is 13.6. The molecule has 240 valence electrons. The molecule has 5 heteroatoms. The fraction of sp³-hybridized carbons (Fsp3) is 0.757. The predicted molar refractivity (Wildman–Crippen MR) is 188 cm³/mol. The lowest BCUT2D eigenvalue weighted by atomic mass is 9.74. The van der Waals surface area contributed by atoms with E-state index in [1.54, 1.807) is 0 Å². The molecule has 42 heavy (non-hydrogen) atoms. The van der Waals surface area contributed by atoms with Crippen molar-refractivity contribution >= 4 is 22.4 Å². The van der Waals surface area contributed by atoms with Gasteiger partial charge in [-0.2, -0.15) is 0 Å². The van der Waals surface area contributed by atoms with Gasteiger partial charge < -0.3 is 8.85 Å². The van der Waals surface area contributed by atoms with E-state index in [2.05, 4.69) is 127 Å². The van der Waals surface area contributed by atoms with Crippen LogP contribution in [0, 0.1) is 11.3 Å². The molecule has 0 aliphatic heterocycles. The number of rotatable bonds is 7. The van der Waals surface area contributed by atoms with E-state index < -0.39 is 16.6 Å². The van der Waals surface area contributed by atoms with Crippen molar-refractivity contribution in [3.8, 4) is 0 Å². The largest absolute Gasteiger partial charge is 0.541 e. The van der Waals surface area contributed by atoms with Gasteiger partial charge in [-0.15, -0.1) is 0 Å². The summed E-state index contributed by atoms with van der Waals surface area (Å²) in [6, 6.07) is 0. The van der Waals surface area contributed by atoms with E-state index in [9.17, 15) is 4.79 Å². The predicted octanol–water partition coefficient (Wildman–Crippen LogP) is 11.9. The zero-order chi connectivity index (χ0) is 32.3. The molecule has 0 saturated carbocycles. The topological polar surface area (TPSA) is 35.5 Å². The van der Waals surface area contributed by atoms with Gasteiger partial charge in [-0.05, 0) is 106 Å². The molecule has 2 rings (SSSR count). The van der Waals surface area contributed by atoms with Gasteiger partial charge in [0.2, 0.25) is 0 Å². The summed E-state index contributed by atoms with van der Waals surface area (Å²) in [6.07, 6.45) is 15.2. The first kappa shape index (κ1) is 37.0. The molecule has 2 aliphatic carbocycles. The molecule has 0 spiro atoms. The molecule has 3 atom stereocenters. The number of carbonyl (C=O) groups is 1. The third-order valence-corrected chi connectivity index (χ3v) is 21.4. The maximum Gasteiger partial charge on any atom is 0.258 e. The second kappa shape index (κ2) is 14.3. The zero-order valence-corrected chi connectivity index (χ0v) is 32.2.